The fourth-order valence-electron chi connectivity index (χ4n) is 6.06. The van der Waals surface area contributed by atoms with Crippen LogP contribution in [0.25, 0.3) is 0 Å². The molecule has 6 nitrogen and oxygen atoms in total. The molecule has 0 aromatic heterocycles. The molecule has 1 saturated heterocycles. The number of benzene rings is 1. The first kappa shape index (κ1) is 25.3. The number of hydrogen-bond acceptors (Lipinski definition) is 4. The summed E-state index contributed by atoms with van der Waals surface area (Å²) < 4.78 is 20.7. The van der Waals surface area contributed by atoms with E-state index in [1.165, 1.54) is 18.6 Å². The molecule has 0 spiro atoms. The lowest BCUT2D eigenvalue weighted by Crippen LogP contribution is -2.49. The van der Waals surface area contributed by atoms with Gasteiger partial charge >= 0.3 is 0 Å². The molecule has 1 N–H and O–H groups in total. The molecule has 2 saturated carbocycles. The van der Waals surface area contributed by atoms with Crippen molar-refractivity contribution in [1.82, 2.24) is 4.90 Å². The van der Waals surface area contributed by atoms with Crippen LogP contribution >= 0.6 is 11.6 Å². The Hall–Kier alpha value is -2.33. The smallest absolute Gasteiger partial charge is 0.290 e. The third kappa shape index (κ3) is 5.27. The summed E-state index contributed by atoms with van der Waals surface area (Å²) in [6, 6.07) is 5.17. The predicted octanol–water partition coefficient (Wildman–Crippen LogP) is 5.40. The number of nitrogens with zero attached hydrogens (tertiary/aromatic N) is 2. The third-order valence-electron chi connectivity index (χ3n) is 7.66. The van der Waals surface area contributed by atoms with Crippen molar-refractivity contribution in [3.8, 4) is 11.8 Å². The van der Waals surface area contributed by atoms with Gasteiger partial charge in [0, 0.05) is 19.2 Å². The second kappa shape index (κ2) is 10.7. The molecule has 4 rings (SSSR count). The van der Waals surface area contributed by atoms with E-state index in [0.717, 1.165) is 32.1 Å². The summed E-state index contributed by atoms with van der Waals surface area (Å²) in [5.41, 5.74) is -0.603. The lowest BCUT2D eigenvalue weighted by molar-refractivity contribution is -0.122. The topological polar surface area (TPSA) is 90.6 Å². The maximum atomic E-state index is 14.8. The van der Waals surface area contributed by atoms with Gasteiger partial charge in [0.25, 0.3) is 12.4 Å². The van der Waals surface area contributed by atoms with Crippen molar-refractivity contribution in [2.45, 2.75) is 52.4 Å². The molecule has 3 fully saturated rings. The van der Waals surface area contributed by atoms with Crippen LogP contribution in [0.4, 0.5) is 4.39 Å². The molecule has 2 aliphatic carbocycles. The van der Waals surface area contributed by atoms with Crippen LogP contribution in [-0.4, -0.2) is 42.1 Å². The average Bonchev–Trinajstić information content (AvgIpc) is 3.30. The van der Waals surface area contributed by atoms with E-state index in [4.69, 9.17) is 26.2 Å². The van der Waals surface area contributed by atoms with Crippen molar-refractivity contribution in [3.05, 3.63) is 28.5 Å². The zero-order valence-corrected chi connectivity index (χ0v) is 20.0. The minimum Gasteiger partial charge on any atom is -0.490 e. The molecule has 1 amide bonds. The summed E-state index contributed by atoms with van der Waals surface area (Å²) in [5, 5.41) is 17.3. The summed E-state index contributed by atoms with van der Waals surface area (Å²) >= 11 is 6.38. The molecular formula is C25H32ClFN2O4. The Morgan fingerprint density at radius 3 is 2.61 bits per heavy atom. The summed E-state index contributed by atoms with van der Waals surface area (Å²) in [5.74, 6) is 1.08. The summed E-state index contributed by atoms with van der Waals surface area (Å²) in [7, 11) is 0. The van der Waals surface area contributed by atoms with Gasteiger partial charge in [0.2, 0.25) is 0 Å². The van der Waals surface area contributed by atoms with E-state index in [9.17, 15) is 14.4 Å². The van der Waals surface area contributed by atoms with Crippen LogP contribution < -0.4 is 4.74 Å². The first-order valence-corrected chi connectivity index (χ1v) is 12.0. The van der Waals surface area contributed by atoms with Crippen molar-refractivity contribution in [2.24, 2.45) is 29.1 Å². The first-order chi connectivity index (χ1) is 15.7. The van der Waals surface area contributed by atoms with Crippen LogP contribution in [0.1, 0.15) is 62.7 Å². The highest BCUT2D eigenvalue weighted by Crippen LogP contribution is 2.54. The Morgan fingerprint density at radius 1 is 1.30 bits per heavy atom. The molecule has 5 atom stereocenters. The summed E-state index contributed by atoms with van der Waals surface area (Å²) in [6.07, 6.45) is 6.25. The highest BCUT2D eigenvalue weighted by atomic mass is 35.5. The Balaban J connectivity index is 0.000000968. The number of likely N-dealkylation sites (tertiary alicyclic amines) is 1. The van der Waals surface area contributed by atoms with E-state index in [1.807, 2.05) is 0 Å². The Morgan fingerprint density at radius 2 is 1.97 bits per heavy atom. The fourth-order valence-corrected chi connectivity index (χ4v) is 6.27. The molecule has 1 aromatic carbocycles. The molecule has 2 bridgehead atoms. The van der Waals surface area contributed by atoms with Crippen molar-refractivity contribution >= 4 is 24.0 Å². The van der Waals surface area contributed by atoms with Gasteiger partial charge < -0.3 is 14.7 Å². The van der Waals surface area contributed by atoms with Gasteiger partial charge in [-0.05, 0) is 68.3 Å². The van der Waals surface area contributed by atoms with Crippen LogP contribution in [0.5, 0.6) is 5.75 Å². The maximum Gasteiger partial charge on any atom is 0.290 e. The van der Waals surface area contributed by atoms with Gasteiger partial charge in [-0.1, -0.05) is 25.4 Å². The molecule has 1 aliphatic heterocycles. The third-order valence-corrected chi connectivity index (χ3v) is 7.95. The summed E-state index contributed by atoms with van der Waals surface area (Å²) in [4.78, 5) is 22.6. The number of halogens is 2. The second-order valence-electron chi connectivity index (χ2n) is 9.82. The monoisotopic (exact) mass is 478 g/mol. The minimum absolute atomic E-state index is 0.0146. The van der Waals surface area contributed by atoms with Gasteiger partial charge in [-0.2, -0.15) is 5.26 Å². The van der Waals surface area contributed by atoms with E-state index in [0.29, 0.717) is 30.8 Å². The molecule has 180 valence electrons. The van der Waals surface area contributed by atoms with E-state index in [1.54, 1.807) is 4.90 Å². The van der Waals surface area contributed by atoms with Crippen LogP contribution in [0.2, 0.25) is 5.02 Å². The quantitative estimate of drug-likeness (QED) is 0.585. The van der Waals surface area contributed by atoms with Crippen molar-refractivity contribution < 1.29 is 23.8 Å². The SMILES string of the molecule is CC1CC2CC(C)C(C#N)(COc3cc(F)c(C(=O)N4CCCC4)cc3Cl)C(C1)C2.O=CO. The lowest BCUT2D eigenvalue weighted by Gasteiger charge is -2.50. The number of rotatable bonds is 4. The molecule has 1 aromatic rings. The fraction of sp³-hybridized carbons (Fsp3) is 0.640. The van der Waals surface area contributed by atoms with Gasteiger partial charge in [-0.3, -0.25) is 9.59 Å². The van der Waals surface area contributed by atoms with Crippen molar-refractivity contribution in [2.75, 3.05) is 19.7 Å². The number of carbonyl (C=O) groups excluding carboxylic acids is 1. The highest BCUT2D eigenvalue weighted by Gasteiger charge is 2.52. The molecule has 1 heterocycles. The van der Waals surface area contributed by atoms with E-state index >= 15 is 0 Å². The number of ether oxygens (including phenoxy) is 1. The molecule has 33 heavy (non-hydrogen) atoms. The average molecular weight is 479 g/mol. The second-order valence-corrected chi connectivity index (χ2v) is 10.2. The molecule has 0 radical (unpaired) electrons. The van der Waals surface area contributed by atoms with Crippen molar-refractivity contribution in [1.29, 1.82) is 5.26 Å². The minimum atomic E-state index is -0.625. The highest BCUT2D eigenvalue weighted by molar-refractivity contribution is 6.32. The predicted molar refractivity (Wildman–Crippen MR) is 123 cm³/mol. The zero-order valence-electron chi connectivity index (χ0n) is 19.2. The van der Waals surface area contributed by atoms with Gasteiger partial charge in [0.05, 0.1) is 22.1 Å². The van der Waals surface area contributed by atoms with Crippen molar-refractivity contribution in [3.63, 3.8) is 0 Å². The molecular weight excluding hydrogens is 447 g/mol. The molecule has 5 unspecified atom stereocenters. The Bertz CT molecular complexity index is 910. The largest absolute Gasteiger partial charge is 0.490 e. The number of carboxylic acid groups (broad SMARTS) is 1. The van der Waals surface area contributed by atoms with E-state index in [-0.39, 0.29) is 41.2 Å². The number of fused-ring (bicyclic) bond motifs is 2. The number of amides is 1. The van der Waals surface area contributed by atoms with Crippen LogP contribution in [-0.2, 0) is 4.79 Å². The Kier molecular flexibility index (Phi) is 8.23. The van der Waals surface area contributed by atoms with Crippen LogP contribution in [0.15, 0.2) is 12.1 Å². The van der Waals surface area contributed by atoms with Gasteiger partial charge in [-0.25, -0.2) is 4.39 Å². The first-order valence-electron chi connectivity index (χ1n) is 11.7. The lowest BCUT2D eigenvalue weighted by atomic mass is 9.53. The molecule has 3 aliphatic rings. The zero-order chi connectivity index (χ0) is 24.2. The van der Waals surface area contributed by atoms with Gasteiger partial charge in [0.15, 0.2) is 0 Å². The van der Waals surface area contributed by atoms with E-state index in [2.05, 4.69) is 19.9 Å². The van der Waals surface area contributed by atoms with E-state index < -0.39 is 11.2 Å². The molecule has 8 heteroatoms. The van der Waals surface area contributed by atoms with Gasteiger partial charge in [0.1, 0.15) is 18.2 Å². The van der Waals surface area contributed by atoms with Gasteiger partial charge in [-0.15, -0.1) is 0 Å². The van der Waals surface area contributed by atoms with Crippen LogP contribution in [0, 0.1) is 46.2 Å². The normalized spacial score (nSPS) is 30.6. The summed E-state index contributed by atoms with van der Waals surface area (Å²) in [6.45, 7) is 5.66. The number of nitriles is 1. The number of carbonyl (C=O) groups is 2. The Labute approximate surface area is 199 Å². The van der Waals surface area contributed by atoms with Crippen LogP contribution in [0.3, 0.4) is 0 Å². The number of hydrogen-bond donors (Lipinski definition) is 1. The maximum absolute atomic E-state index is 14.8. The standard InChI is InChI=1S/C24H30ClFN2O2.CH2O2/c1-15-7-17-9-16(2)24(13-27,18(8-15)10-17)14-30-22-12-21(26)19(11-20(22)25)23(29)28-5-3-4-6-28;2-1-3/h11-12,15-18H,3-10,14H2,1-2H3;1H,(H,2,3).